The zero-order valence-electron chi connectivity index (χ0n) is 11.6. The fourth-order valence-electron chi connectivity index (χ4n) is 2.75. The lowest BCUT2D eigenvalue weighted by molar-refractivity contribution is 0.426. The van der Waals surface area contributed by atoms with Gasteiger partial charge in [0.25, 0.3) is 0 Å². The van der Waals surface area contributed by atoms with Crippen molar-refractivity contribution in [2.75, 3.05) is 0 Å². The maximum atomic E-state index is 9.43. The van der Waals surface area contributed by atoms with Crippen LogP contribution in [0.1, 0.15) is 24.5 Å². The zero-order chi connectivity index (χ0) is 14.6. The molecule has 0 amide bonds. The van der Waals surface area contributed by atoms with Gasteiger partial charge in [-0.15, -0.1) is 0 Å². The van der Waals surface area contributed by atoms with Gasteiger partial charge in [0, 0.05) is 36.3 Å². The second kappa shape index (κ2) is 4.44. The van der Waals surface area contributed by atoms with Gasteiger partial charge in [0.15, 0.2) is 5.82 Å². The first kappa shape index (κ1) is 12.6. The van der Waals surface area contributed by atoms with Gasteiger partial charge in [-0.1, -0.05) is 12.1 Å². The van der Waals surface area contributed by atoms with Crippen molar-refractivity contribution in [2.45, 2.75) is 18.8 Å². The number of hydrogen-bond acceptors (Lipinski definition) is 4. The highest BCUT2D eigenvalue weighted by molar-refractivity contribution is 6.61. The summed E-state index contributed by atoms with van der Waals surface area (Å²) in [5, 5.41) is 28.6. The van der Waals surface area contributed by atoms with Gasteiger partial charge in [0.1, 0.15) is 0 Å². The van der Waals surface area contributed by atoms with Crippen molar-refractivity contribution < 1.29 is 10.0 Å². The lowest BCUT2D eigenvalue weighted by atomic mass is 9.78. The monoisotopic (exact) mass is 282 g/mol. The molecule has 1 aliphatic carbocycles. The first-order valence-corrected chi connectivity index (χ1v) is 7.02. The van der Waals surface area contributed by atoms with E-state index >= 15 is 0 Å². The van der Waals surface area contributed by atoms with E-state index in [2.05, 4.69) is 16.3 Å². The van der Waals surface area contributed by atoms with Crippen molar-refractivity contribution in [1.82, 2.24) is 19.6 Å². The summed E-state index contributed by atoms with van der Waals surface area (Å²) in [4.78, 5) is 0. The SMILES string of the molecule is Cn1nc(-n2cc3c(B(O)O)cccc3n2)cc1C1CC1. The molecule has 0 aliphatic heterocycles. The van der Waals surface area contributed by atoms with Gasteiger partial charge < -0.3 is 10.0 Å². The molecule has 2 N–H and O–H groups in total. The predicted molar refractivity (Wildman–Crippen MR) is 79.6 cm³/mol. The van der Waals surface area contributed by atoms with E-state index in [9.17, 15) is 10.0 Å². The molecule has 2 heterocycles. The molecule has 1 saturated carbocycles. The Morgan fingerprint density at radius 2 is 2.05 bits per heavy atom. The van der Waals surface area contributed by atoms with E-state index in [-0.39, 0.29) is 0 Å². The maximum Gasteiger partial charge on any atom is 0.489 e. The highest BCUT2D eigenvalue weighted by Gasteiger charge is 2.27. The minimum absolute atomic E-state index is 0.456. The molecule has 1 aliphatic rings. The van der Waals surface area contributed by atoms with Crippen LogP contribution in [0.5, 0.6) is 0 Å². The van der Waals surface area contributed by atoms with E-state index in [4.69, 9.17) is 0 Å². The van der Waals surface area contributed by atoms with Crippen molar-refractivity contribution in [3.05, 3.63) is 36.2 Å². The first-order chi connectivity index (χ1) is 10.1. The van der Waals surface area contributed by atoms with Crippen LogP contribution in [0.25, 0.3) is 16.7 Å². The topological polar surface area (TPSA) is 76.1 Å². The largest absolute Gasteiger partial charge is 0.489 e. The zero-order valence-corrected chi connectivity index (χ0v) is 11.6. The summed E-state index contributed by atoms with van der Waals surface area (Å²) in [6.45, 7) is 0. The summed E-state index contributed by atoms with van der Waals surface area (Å²) in [5.41, 5.74) is 2.41. The molecule has 0 unspecified atom stereocenters. The average Bonchev–Trinajstić information content (AvgIpc) is 3.08. The Balaban J connectivity index is 1.83. The van der Waals surface area contributed by atoms with Crippen LogP contribution in [0.15, 0.2) is 30.5 Å². The molecule has 3 aromatic rings. The number of nitrogens with zero attached hydrogens (tertiary/aromatic N) is 4. The van der Waals surface area contributed by atoms with E-state index in [1.807, 2.05) is 17.8 Å². The number of hydrogen-bond donors (Lipinski definition) is 2. The van der Waals surface area contributed by atoms with Gasteiger partial charge >= 0.3 is 7.12 Å². The molecule has 0 radical (unpaired) electrons. The fraction of sp³-hybridized carbons (Fsp3) is 0.286. The molecule has 21 heavy (non-hydrogen) atoms. The Hall–Kier alpha value is -2.12. The van der Waals surface area contributed by atoms with Crippen LogP contribution in [0.3, 0.4) is 0 Å². The van der Waals surface area contributed by atoms with Gasteiger partial charge in [-0.25, -0.2) is 4.68 Å². The number of rotatable bonds is 3. The Kier molecular flexibility index (Phi) is 2.67. The number of aryl methyl sites for hydroxylation is 1. The molecule has 106 valence electrons. The quantitative estimate of drug-likeness (QED) is 0.678. The van der Waals surface area contributed by atoms with Gasteiger partial charge in [0.2, 0.25) is 0 Å². The Labute approximate surface area is 121 Å². The molecule has 1 aromatic carbocycles. The smallest absolute Gasteiger partial charge is 0.423 e. The van der Waals surface area contributed by atoms with E-state index in [0.717, 1.165) is 16.7 Å². The second-order valence-corrected chi connectivity index (χ2v) is 5.55. The van der Waals surface area contributed by atoms with Crippen LogP contribution < -0.4 is 5.46 Å². The summed E-state index contributed by atoms with van der Waals surface area (Å²) < 4.78 is 3.60. The molecule has 0 saturated heterocycles. The molecular weight excluding hydrogens is 267 g/mol. The molecule has 7 heteroatoms. The molecule has 6 nitrogen and oxygen atoms in total. The summed E-state index contributed by atoms with van der Waals surface area (Å²) in [7, 11) is 0.445. The molecule has 0 atom stereocenters. The molecule has 1 fully saturated rings. The summed E-state index contributed by atoms with van der Waals surface area (Å²) >= 11 is 0. The fourth-order valence-corrected chi connectivity index (χ4v) is 2.75. The molecular formula is C14H15BN4O2. The summed E-state index contributed by atoms with van der Waals surface area (Å²) in [6, 6.07) is 7.36. The maximum absolute atomic E-state index is 9.43. The third-order valence-electron chi connectivity index (χ3n) is 4.00. The highest BCUT2D eigenvalue weighted by Crippen LogP contribution is 2.40. The van der Waals surface area contributed by atoms with Crippen LogP contribution in [0.2, 0.25) is 0 Å². The molecule has 2 aromatic heterocycles. The van der Waals surface area contributed by atoms with E-state index in [1.54, 1.807) is 23.0 Å². The van der Waals surface area contributed by atoms with E-state index < -0.39 is 7.12 Å². The second-order valence-electron chi connectivity index (χ2n) is 5.55. The van der Waals surface area contributed by atoms with Gasteiger partial charge in [-0.05, 0) is 24.4 Å². The van der Waals surface area contributed by atoms with E-state index in [0.29, 0.717) is 11.4 Å². The summed E-state index contributed by atoms with van der Waals surface area (Å²) in [5.74, 6) is 1.38. The van der Waals surface area contributed by atoms with Crippen LogP contribution >= 0.6 is 0 Å². The van der Waals surface area contributed by atoms with Crippen LogP contribution in [-0.4, -0.2) is 36.7 Å². The lowest BCUT2D eigenvalue weighted by Crippen LogP contribution is -2.30. The van der Waals surface area contributed by atoms with Crippen LogP contribution in [0, 0.1) is 0 Å². The third-order valence-corrected chi connectivity index (χ3v) is 4.00. The van der Waals surface area contributed by atoms with Crippen LogP contribution in [0.4, 0.5) is 0 Å². The Morgan fingerprint density at radius 3 is 2.76 bits per heavy atom. The van der Waals surface area contributed by atoms with E-state index in [1.165, 1.54) is 18.5 Å². The van der Waals surface area contributed by atoms with Crippen molar-refractivity contribution in [2.24, 2.45) is 7.05 Å². The number of aromatic nitrogens is 4. The highest BCUT2D eigenvalue weighted by atomic mass is 16.4. The minimum Gasteiger partial charge on any atom is -0.423 e. The van der Waals surface area contributed by atoms with Crippen molar-refractivity contribution >= 4 is 23.5 Å². The van der Waals surface area contributed by atoms with Crippen LogP contribution in [-0.2, 0) is 7.05 Å². The van der Waals surface area contributed by atoms with Crippen molar-refractivity contribution in [3.63, 3.8) is 0 Å². The van der Waals surface area contributed by atoms with Gasteiger partial charge in [0.05, 0.1) is 5.52 Å². The third kappa shape index (κ3) is 2.05. The van der Waals surface area contributed by atoms with Gasteiger partial charge in [-0.2, -0.15) is 10.2 Å². The Morgan fingerprint density at radius 1 is 1.24 bits per heavy atom. The van der Waals surface area contributed by atoms with Crippen molar-refractivity contribution in [1.29, 1.82) is 0 Å². The first-order valence-electron chi connectivity index (χ1n) is 7.02. The molecule has 0 bridgehead atoms. The predicted octanol–water partition coefficient (Wildman–Crippen LogP) is 0.316. The summed E-state index contributed by atoms with van der Waals surface area (Å²) in [6.07, 6.45) is 4.24. The number of benzene rings is 1. The van der Waals surface area contributed by atoms with Crippen molar-refractivity contribution in [3.8, 4) is 5.82 Å². The average molecular weight is 282 g/mol. The normalized spacial score (nSPS) is 14.8. The number of fused-ring (bicyclic) bond motifs is 1. The van der Waals surface area contributed by atoms with Gasteiger partial charge in [-0.3, -0.25) is 4.68 Å². The standard InChI is InChI=1S/C14H15BN4O2/c1-18-13(9-5-6-9)7-14(17-18)19-8-10-11(15(20)21)3-2-4-12(10)16-19/h2-4,7-9,20-21H,5-6H2,1H3. The molecule has 4 rings (SSSR count). The minimum atomic E-state index is -1.50. The molecule has 0 spiro atoms. The lowest BCUT2D eigenvalue weighted by Gasteiger charge is -1.98. The Bertz CT molecular complexity index is 820.